The van der Waals surface area contributed by atoms with E-state index in [0.29, 0.717) is 5.88 Å². The van der Waals surface area contributed by atoms with Gasteiger partial charge in [0.05, 0.1) is 7.11 Å². The Bertz CT molecular complexity index is 376. The van der Waals surface area contributed by atoms with E-state index in [1.54, 1.807) is 13.3 Å². The Balaban J connectivity index is 1.91. The Labute approximate surface area is 95.7 Å². The second-order valence-corrected chi connectivity index (χ2v) is 3.76. The Morgan fingerprint density at radius 2 is 2.50 bits per heavy atom. The first-order valence-corrected chi connectivity index (χ1v) is 5.51. The van der Waals surface area contributed by atoms with E-state index in [0.717, 1.165) is 31.7 Å². The van der Waals surface area contributed by atoms with Gasteiger partial charge in [-0.1, -0.05) is 11.6 Å². The average molecular weight is 219 g/mol. The maximum atomic E-state index is 5.07. The van der Waals surface area contributed by atoms with Gasteiger partial charge in [0, 0.05) is 31.0 Å². The van der Waals surface area contributed by atoms with Crippen molar-refractivity contribution in [1.29, 1.82) is 0 Å². The van der Waals surface area contributed by atoms with E-state index in [1.807, 2.05) is 12.1 Å². The molecule has 0 radical (unpaired) electrons. The Hall–Kier alpha value is -1.55. The zero-order valence-electron chi connectivity index (χ0n) is 9.49. The number of hydrogen-bond donors (Lipinski definition) is 2. The van der Waals surface area contributed by atoms with Crippen molar-refractivity contribution < 1.29 is 4.74 Å². The molecule has 1 aliphatic rings. The summed E-state index contributed by atoms with van der Waals surface area (Å²) in [6.07, 6.45) is 5.11. The lowest BCUT2D eigenvalue weighted by Gasteiger charge is -2.15. The van der Waals surface area contributed by atoms with Gasteiger partial charge in [-0.25, -0.2) is 4.98 Å². The largest absolute Gasteiger partial charge is 0.481 e. The van der Waals surface area contributed by atoms with Crippen LogP contribution in [0.15, 0.2) is 30.0 Å². The molecule has 1 aromatic rings. The van der Waals surface area contributed by atoms with Crippen LogP contribution in [0.2, 0.25) is 0 Å². The SMILES string of the molecule is COc1cc(NCC2=CCNCC2)ccn1. The number of pyridine rings is 1. The van der Waals surface area contributed by atoms with Crippen LogP contribution in [0.3, 0.4) is 0 Å². The minimum Gasteiger partial charge on any atom is -0.481 e. The number of nitrogens with one attached hydrogen (secondary N) is 2. The van der Waals surface area contributed by atoms with Crippen LogP contribution >= 0.6 is 0 Å². The van der Waals surface area contributed by atoms with Crippen LogP contribution in [0.1, 0.15) is 6.42 Å². The molecule has 0 spiro atoms. The number of ether oxygens (including phenoxy) is 1. The molecule has 0 bridgehead atoms. The summed E-state index contributed by atoms with van der Waals surface area (Å²) in [7, 11) is 1.63. The van der Waals surface area contributed by atoms with E-state index in [2.05, 4.69) is 21.7 Å². The molecule has 1 aliphatic heterocycles. The number of rotatable bonds is 4. The molecule has 0 fully saturated rings. The van der Waals surface area contributed by atoms with Crippen LogP contribution < -0.4 is 15.4 Å². The molecule has 0 aliphatic carbocycles. The highest BCUT2D eigenvalue weighted by Gasteiger charge is 2.03. The van der Waals surface area contributed by atoms with Gasteiger partial charge < -0.3 is 15.4 Å². The summed E-state index contributed by atoms with van der Waals surface area (Å²) in [6.45, 7) is 2.96. The van der Waals surface area contributed by atoms with Gasteiger partial charge in [-0.3, -0.25) is 0 Å². The molecule has 2 heterocycles. The number of hydrogen-bond acceptors (Lipinski definition) is 4. The number of anilines is 1. The summed E-state index contributed by atoms with van der Waals surface area (Å²) < 4.78 is 5.07. The fourth-order valence-electron chi connectivity index (χ4n) is 1.68. The quantitative estimate of drug-likeness (QED) is 0.752. The van der Waals surface area contributed by atoms with E-state index < -0.39 is 0 Å². The van der Waals surface area contributed by atoms with Gasteiger partial charge in [0.15, 0.2) is 0 Å². The molecule has 0 atom stereocenters. The topological polar surface area (TPSA) is 46.2 Å². The van der Waals surface area contributed by atoms with Crippen LogP contribution in [0.25, 0.3) is 0 Å². The second-order valence-electron chi connectivity index (χ2n) is 3.76. The molecular weight excluding hydrogens is 202 g/mol. The standard InChI is InChI=1S/C12H17N3O/c1-16-12-8-11(4-7-14-12)15-9-10-2-5-13-6-3-10/h2,4,7-8,13H,3,5-6,9H2,1H3,(H,14,15). The third-order valence-corrected chi connectivity index (χ3v) is 2.62. The van der Waals surface area contributed by atoms with Crippen molar-refractivity contribution >= 4 is 5.69 Å². The molecule has 0 saturated carbocycles. The zero-order valence-corrected chi connectivity index (χ0v) is 9.49. The zero-order chi connectivity index (χ0) is 11.2. The maximum Gasteiger partial charge on any atom is 0.214 e. The van der Waals surface area contributed by atoms with Crippen LogP contribution in [0.4, 0.5) is 5.69 Å². The first-order valence-electron chi connectivity index (χ1n) is 5.51. The molecule has 16 heavy (non-hydrogen) atoms. The summed E-state index contributed by atoms with van der Waals surface area (Å²) in [4.78, 5) is 4.07. The monoisotopic (exact) mass is 219 g/mol. The average Bonchev–Trinajstić information content (AvgIpc) is 2.38. The first-order chi connectivity index (χ1) is 7.88. The van der Waals surface area contributed by atoms with Gasteiger partial charge in [-0.05, 0) is 19.0 Å². The minimum atomic E-state index is 0.643. The van der Waals surface area contributed by atoms with Crippen molar-refractivity contribution in [3.8, 4) is 5.88 Å². The highest BCUT2D eigenvalue weighted by Crippen LogP contribution is 2.14. The lowest BCUT2D eigenvalue weighted by atomic mass is 10.1. The number of aromatic nitrogens is 1. The summed E-state index contributed by atoms with van der Waals surface area (Å²) in [5.74, 6) is 0.643. The predicted octanol–water partition coefficient (Wildman–Crippen LogP) is 1.42. The molecule has 0 aromatic carbocycles. The van der Waals surface area contributed by atoms with Crippen LogP contribution in [0.5, 0.6) is 5.88 Å². The van der Waals surface area contributed by atoms with Crippen LogP contribution in [-0.4, -0.2) is 31.7 Å². The summed E-state index contributed by atoms with van der Waals surface area (Å²) in [5, 5.41) is 6.67. The molecule has 2 rings (SSSR count). The lowest BCUT2D eigenvalue weighted by Crippen LogP contribution is -2.23. The van der Waals surface area contributed by atoms with E-state index >= 15 is 0 Å². The fraction of sp³-hybridized carbons (Fsp3) is 0.417. The molecule has 0 unspecified atom stereocenters. The molecule has 4 nitrogen and oxygen atoms in total. The molecular formula is C12H17N3O. The minimum absolute atomic E-state index is 0.643. The highest BCUT2D eigenvalue weighted by molar-refractivity contribution is 5.46. The molecule has 2 N–H and O–H groups in total. The summed E-state index contributed by atoms with van der Waals surface area (Å²) in [5.41, 5.74) is 2.50. The number of nitrogens with zero attached hydrogens (tertiary/aromatic N) is 1. The van der Waals surface area contributed by atoms with Gasteiger partial charge in [0.1, 0.15) is 0 Å². The van der Waals surface area contributed by atoms with Crippen molar-refractivity contribution in [3.63, 3.8) is 0 Å². The van der Waals surface area contributed by atoms with Gasteiger partial charge in [0.25, 0.3) is 0 Å². The molecule has 86 valence electrons. The van der Waals surface area contributed by atoms with E-state index in [-0.39, 0.29) is 0 Å². The van der Waals surface area contributed by atoms with E-state index in [4.69, 9.17) is 4.74 Å². The van der Waals surface area contributed by atoms with Gasteiger partial charge in [-0.15, -0.1) is 0 Å². The summed E-state index contributed by atoms with van der Waals surface area (Å²) in [6, 6.07) is 3.85. The van der Waals surface area contributed by atoms with Crippen LogP contribution in [0, 0.1) is 0 Å². The van der Waals surface area contributed by atoms with E-state index in [1.165, 1.54) is 5.57 Å². The second kappa shape index (κ2) is 5.51. The lowest BCUT2D eigenvalue weighted by molar-refractivity contribution is 0.398. The number of methoxy groups -OCH3 is 1. The predicted molar refractivity (Wildman–Crippen MR) is 64.8 cm³/mol. The van der Waals surface area contributed by atoms with Gasteiger partial charge in [-0.2, -0.15) is 0 Å². The third-order valence-electron chi connectivity index (χ3n) is 2.62. The van der Waals surface area contributed by atoms with Crippen LogP contribution in [-0.2, 0) is 0 Å². The Kier molecular flexibility index (Phi) is 3.77. The van der Waals surface area contributed by atoms with Crippen molar-refractivity contribution in [3.05, 3.63) is 30.0 Å². The first kappa shape index (κ1) is 11.0. The van der Waals surface area contributed by atoms with Crippen molar-refractivity contribution in [1.82, 2.24) is 10.3 Å². The molecule has 4 heteroatoms. The van der Waals surface area contributed by atoms with Crippen molar-refractivity contribution in [2.45, 2.75) is 6.42 Å². The Morgan fingerprint density at radius 1 is 1.56 bits per heavy atom. The molecule has 0 saturated heterocycles. The molecule has 1 aromatic heterocycles. The Morgan fingerprint density at radius 3 is 3.25 bits per heavy atom. The highest BCUT2D eigenvalue weighted by atomic mass is 16.5. The maximum absolute atomic E-state index is 5.07. The fourth-order valence-corrected chi connectivity index (χ4v) is 1.68. The van der Waals surface area contributed by atoms with Gasteiger partial charge >= 0.3 is 0 Å². The van der Waals surface area contributed by atoms with Crippen molar-refractivity contribution in [2.24, 2.45) is 0 Å². The van der Waals surface area contributed by atoms with E-state index in [9.17, 15) is 0 Å². The van der Waals surface area contributed by atoms with Crippen molar-refractivity contribution in [2.75, 3.05) is 32.1 Å². The third kappa shape index (κ3) is 2.97. The smallest absolute Gasteiger partial charge is 0.214 e. The molecule has 0 amide bonds. The normalized spacial score (nSPS) is 15.4. The summed E-state index contributed by atoms with van der Waals surface area (Å²) >= 11 is 0. The van der Waals surface area contributed by atoms with Gasteiger partial charge in [0.2, 0.25) is 5.88 Å².